The van der Waals surface area contributed by atoms with Crippen molar-refractivity contribution in [1.82, 2.24) is 14.3 Å². The molecule has 1 fully saturated rings. The Kier molecular flexibility index (Phi) is 5.66. The lowest BCUT2D eigenvalue weighted by Gasteiger charge is -2.04. The molecule has 0 atom stereocenters. The largest absolute Gasteiger partial charge is 0.346 e. The smallest absolute Gasteiger partial charge is 0.298 e. The highest BCUT2D eigenvalue weighted by Gasteiger charge is 2.31. The van der Waals surface area contributed by atoms with E-state index in [2.05, 4.69) is 35.4 Å². The lowest BCUT2D eigenvalue weighted by molar-refractivity contribution is -0.119. The van der Waals surface area contributed by atoms with Gasteiger partial charge in [0, 0.05) is 18.0 Å². The zero-order valence-corrected chi connectivity index (χ0v) is 18.5. The van der Waals surface area contributed by atoms with Crippen LogP contribution in [0.25, 0.3) is 22.2 Å². The minimum absolute atomic E-state index is 0.00622. The highest BCUT2D eigenvalue weighted by atomic mass is 35.5. The van der Waals surface area contributed by atoms with Crippen molar-refractivity contribution >= 4 is 28.2 Å². The fourth-order valence-electron chi connectivity index (χ4n) is 4.14. The fourth-order valence-corrected chi connectivity index (χ4v) is 4.36. The molecule has 4 aromatic rings. The van der Waals surface area contributed by atoms with Crippen LogP contribution in [-0.2, 0) is 17.8 Å². The summed E-state index contributed by atoms with van der Waals surface area (Å²) in [5.41, 5.74) is 1.71. The van der Waals surface area contributed by atoms with E-state index in [0.29, 0.717) is 17.3 Å². The van der Waals surface area contributed by atoms with E-state index < -0.39 is 0 Å². The number of Topliss-reactive ketones (excluding diaryl/α,β-unsaturated/α-hetero) is 1. The summed E-state index contributed by atoms with van der Waals surface area (Å²) < 4.78 is 3.00. The van der Waals surface area contributed by atoms with Crippen LogP contribution in [0.1, 0.15) is 37.3 Å². The van der Waals surface area contributed by atoms with Gasteiger partial charge in [-0.3, -0.25) is 9.36 Å². The van der Waals surface area contributed by atoms with E-state index >= 15 is 0 Å². The van der Waals surface area contributed by atoms with Crippen LogP contribution in [0.4, 0.5) is 0 Å². The van der Waals surface area contributed by atoms with Gasteiger partial charge in [0.15, 0.2) is 11.6 Å². The fraction of sp³-hybridized carbons (Fsp3) is 0.269. The first kappa shape index (κ1) is 20.7. The van der Waals surface area contributed by atoms with Gasteiger partial charge in [-0.2, -0.15) is 0 Å². The number of carbonyl (C=O) groups is 1. The number of rotatable bonds is 8. The first-order valence-corrected chi connectivity index (χ1v) is 11.4. The Hall–Kier alpha value is -3.18. The van der Waals surface area contributed by atoms with Crippen molar-refractivity contribution in [1.29, 1.82) is 0 Å². The molecule has 1 aliphatic carbocycles. The Morgan fingerprint density at radius 2 is 1.75 bits per heavy atom. The van der Waals surface area contributed by atoms with Crippen LogP contribution in [0.15, 0.2) is 71.5 Å². The third-order valence-electron chi connectivity index (χ3n) is 5.96. The standard InChI is InChI=1S/C26H24ClN3O2/c27-24-11-4-3-10-23(24)25-28-29(26(32)30(25)21-14-15-21)17-22(31)9-5-6-18-12-13-19-7-1-2-8-20(19)16-18/h1-4,7-8,10-13,16,21H,5-6,9,14-15,17H2. The van der Waals surface area contributed by atoms with E-state index in [1.165, 1.54) is 21.0 Å². The van der Waals surface area contributed by atoms with E-state index in [9.17, 15) is 9.59 Å². The Bertz CT molecular complexity index is 1350. The van der Waals surface area contributed by atoms with Gasteiger partial charge in [0.2, 0.25) is 0 Å². The first-order valence-electron chi connectivity index (χ1n) is 11.0. The second-order valence-corrected chi connectivity index (χ2v) is 8.83. The van der Waals surface area contributed by atoms with Crippen LogP contribution in [0.5, 0.6) is 0 Å². The Labute approximate surface area is 191 Å². The number of carbonyl (C=O) groups excluding carboxylic acids is 1. The molecule has 0 radical (unpaired) electrons. The predicted molar refractivity (Wildman–Crippen MR) is 127 cm³/mol. The number of benzene rings is 3. The van der Waals surface area contributed by atoms with Gasteiger partial charge < -0.3 is 0 Å². The molecule has 1 aromatic heterocycles. The van der Waals surface area contributed by atoms with Crippen molar-refractivity contribution in [2.24, 2.45) is 0 Å². The molecule has 0 spiro atoms. The van der Waals surface area contributed by atoms with Crippen molar-refractivity contribution in [3.05, 3.63) is 87.8 Å². The van der Waals surface area contributed by atoms with Gasteiger partial charge in [-0.05, 0) is 54.2 Å². The molecule has 0 bridgehead atoms. The third kappa shape index (κ3) is 4.26. The van der Waals surface area contributed by atoms with Crippen LogP contribution in [0.3, 0.4) is 0 Å². The van der Waals surface area contributed by atoms with Crippen LogP contribution >= 0.6 is 11.6 Å². The van der Waals surface area contributed by atoms with Crippen LogP contribution in [0.2, 0.25) is 5.02 Å². The number of hydrogen-bond acceptors (Lipinski definition) is 3. The Balaban J connectivity index is 1.27. The molecule has 0 aliphatic heterocycles. The van der Waals surface area contributed by atoms with E-state index in [4.69, 9.17) is 11.6 Å². The Morgan fingerprint density at radius 3 is 2.53 bits per heavy atom. The van der Waals surface area contributed by atoms with Crippen LogP contribution < -0.4 is 5.69 Å². The molecule has 32 heavy (non-hydrogen) atoms. The average molecular weight is 446 g/mol. The lowest BCUT2D eigenvalue weighted by atomic mass is 10.0. The van der Waals surface area contributed by atoms with Crippen molar-refractivity contribution in [2.75, 3.05) is 0 Å². The van der Waals surface area contributed by atoms with E-state index in [1.54, 1.807) is 10.6 Å². The summed E-state index contributed by atoms with van der Waals surface area (Å²) in [7, 11) is 0. The molecule has 162 valence electrons. The second kappa shape index (κ2) is 8.75. The minimum Gasteiger partial charge on any atom is -0.298 e. The topological polar surface area (TPSA) is 56.9 Å². The van der Waals surface area contributed by atoms with E-state index in [0.717, 1.165) is 31.2 Å². The summed E-state index contributed by atoms with van der Waals surface area (Å²) >= 11 is 6.35. The maximum absolute atomic E-state index is 13.0. The van der Waals surface area contributed by atoms with Gasteiger partial charge in [-0.25, -0.2) is 9.48 Å². The van der Waals surface area contributed by atoms with Gasteiger partial charge in [0.1, 0.15) is 6.54 Å². The number of nitrogens with zero attached hydrogens (tertiary/aromatic N) is 3. The van der Waals surface area contributed by atoms with Crippen LogP contribution in [-0.4, -0.2) is 20.1 Å². The van der Waals surface area contributed by atoms with Gasteiger partial charge in [-0.15, -0.1) is 5.10 Å². The van der Waals surface area contributed by atoms with Gasteiger partial charge in [0.05, 0.1) is 5.02 Å². The molecule has 6 heteroatoms. The van der Waals surface area contributed by atoms with Gasteiger partial charge >= 0.3 is 5.69 Å². The molecule has 0 saturated heterocycles. The number of ketones is 1. The highest BCUT2D eigenvalue weighted by Crippen LogP contribution is 2.37. The number of halogens is 1. The lowest BCUT2D eigenvalue weighted by Crippen LogP contribution is -2.27. The van der Waals surface area contributed by atoms with Gasteiger partial charge in [-0.1, -0.05) is 66.2 Å². The molecule has 1 heterocycles. The summed E-state index contributed by atoms with van der Waals surface area (Å²) in [4.78, 5) is 25.6. The second-order valence-electron chi connectivity index (χ2n) is 8.42. The van der Waals surface area contributed by atoms with E-state index in [-0.39, 0.29) is 24.1 Å². The average Bonchev–Trinajstić information content (AvgIpc) is 3.58. The molecule has 0 amide bonds. The summed E-state index contributed by atoms with van der Waals surface area (Å²) in [6.45, 7) is -0.00622. The molecule has 5 rings (SSSR count). The normalized spacial score (nSPS) is 13.5. The number of hydrogen-bond donors (Lipinski definition) is 0. The minimum atomic E-state index is -0.231. The molecular weight excluding hydrogens is 422 g/mol. The van der Waals surface area contributed by atoms with Crippen LogP contribution in [0, 0.1) is 0 Å². The summed E-state index contributed by atoms with van der Waals surface area (Å²) in [5.74, 6) is 0.561. The molecule has 1 saturated carbocycles. The predicted octanol–water partition coefficient (Wildman–Crippen LogP) is 5.45. The quantitative estimate of drug-likeness (QED) is 0.362. The SMILES string of the molecule is O=C(CCCc1ccc2ccccc2c1)Cn1nc(-c2ccccc2Cl)n(C2CC2)c1=O. The maximum Gasteiger partial charge on any atom is 0.346 e. The summed E-state index contributed by atoms with van der Waals surface area (Å²) in [6.07, 6.45) is 3.88. The summed E-state index contributed by atoms with van der Waals surface area (Å²) in [6, 6.07) is 22.2. The van der Waals surface area contributed by atoms with E-state index in [1.807, 2.05) is 30.3 Å². The summed E-state index contributed by atoms with van der Waals surface area (Å²) in [5, 5.41) is 7.48. The van der Waals surface area contributed by atoms with Crippen molar-refractivity contribution in [3.8, 4) is 11.4 Å². The number of fused-ring (bicyclic) bond motifs is 1. The van der Waals surface area contributed by atoms with Crippen molar-refractivity contribution in [3.63, 3.8) is 0 Å². The van der Waals surface area contributed by atoms with Gasteiger partial charge in [0.25, 0.3) is 0 Å². The monoisotopic (exact) mass is 445 g/mol. The van der Waals surface area contributed by atoms with Crippen molar-refractivity contribution in [2.45, 2.75) is 44.7 Å². The molecule has 3 aromatic carbocycles. The molecular formula is C26H24ClN3O2. The zero-order valence-electron chi connectivity index (χ0n) is 17.7. The molecule has 5 nitrogen and oxygen atoms in total. The Morgan fingerprint density at radius 1 is 1.00 bits per heavy atom. The third-order valence-corrected chi connectivity index (χ3v) is 6.29. The number of aromatic nitrogens is 3. The zero-order chi connectivity index (χ0) is 22.1. The van der Waals surface area contributed by atoms with Crippen molar-refractivity contribution < 1.29 is 4.79 Å². The number of aryl methyl sites for hydroxylation is 1. The molecule has 1 aliphatic rings. The maximum atomic E-state index is 13.0. The highest BCUT2D eigenvalue weighted by molar-refractivity contribution is 6.33. The molecule has 0 unspecified atom stereocenters. The first-order chi connectivity index (χ1) is 15.6. The molecule has 0 N–H and O–H groups in total.